The Labute approximate surface area is 111 Å². The number of carboxylic acid groups (broad SMARTS) is 2. The van der Waals surface area contributed by atoms with Crippen molar-refractivity contribution < 1.29 is 29.3 Å². The Morgan fingerprint density at radius 2 is 1.64 bits per heavy atom. The van der Waals surface area contributed by atoms with E-state index in [1.54, 1.807) is 0 Å². The molecule has 0 saturated carbocycles. The van der Waals surface area contributed by atoms with Gasteiger partial charge >= 0.3 is 43.7 Å². The number of hydrogen-bond donors (Lipinski definition) is 0. The van der Waals surface area contributed by atoms with Gasteiger partial charge in [-0.3, -0.25) is 0 Å². The summed E-state index contributed by atoms with van der Waals surface area (Å²) in [6.45, 7) is 3.16. The van der Waals surface area contributed by atoms with E-state index in [2.05, 4.69) is 11.3 Å². The molecule has 0 aromatic carbocycles. The zero-order chi connectivity index (χ0) is 10.9. The van der Waals surface area contributed by atoms with Gasteiger partial charge in [0.25, 0.3) is 0 Å². The third kappa shape index (κ3) is 22.5. The molecule has 0 rings (SSSR count). The van der Waals surface area contributed by atoms with E-state index >= 15 is 0 Å². The number of carbonyl (C=O) groups excluding carboxylic acids is 3. The van der Waals surface area contributed by atoms with Crippen LogP contribution in [0.25, 0.3) is 0 Å². The van der Waals surface area contributed by atoms with Crippen molar-refractivity contribution in [1.82, 2.24) is 0 Å². The maximum Gasteiger partial charge on any atom is 2.00 e. The first kappa shape index (κ1) is 19.1. The van der Waals surface area contributed by atoms with E-state index in [9.17, 15) is 24.6 Å². The van der Waals surface area contributed by atoms with Gasteiger partial charge in [0.15, 0.2) is 0 Å². The number of hydrogen-bond acceptors (Lipinski definition) is 6. The SMILES string of the molecule is C=CC(=O)OC.O=C([O-])CC(=O)[O-].[Ca+2]. The summed E-state index contributed by atoms with van der Waals surface area (Å²) < 4.78 is 4.14. The van der Waals surface area contributed by atoms with Crippen LogP contribution in [0.4, 0.5) is 0 Å². The molecular formula is C7H8CaO6. The molecule has 6 nitrogen and oxygen atoms in total. The third-order valence-corrected chi connectivity index (χ3v) is 0.657. The third-order valence-electron chi connectivity index (χ3n) is 0.657. The fourth-order valence-corrected chi connectivity index (χ4v) is 0.201. The number of ether oxygens (including phenoxy) is 1. The monoisotopic (exact) mass is 228 g/mol. The predicted octanol–water partition coefficient (Wildman–Crippen LogP) is -3.16. The first-order valence-electron chi connectivity index (χ1n) is 3.04. The van der Waals surface area contributed by atoms with Gasteiger partial charge in [-0.25, -0.2) is 4.79 Å². The van der Waals surface area contributed by atoms with E-state index in [0.29, 0.717) is 0 Å². The van der Waals surface area contributed by atoms with Crippen LogP contribution < -0.4 is 10.2 Å². The van der Waals surface area contributed by atoms with E-state index < -0.39 is 24.3 Å². The van der Waals surface area contributed by atoms with Crippen molar-refractivity contribution in [2.24, 2.45) is 0 Å². The van der Waals surface area contributed by atoms with Gasteiger partial charge in [-0.2, -0.15) is 0 Å². The molecule has 14 heavy (non-hydrogen) atoms. The van der Waals surface area contributed by atoms with Gasteiger partial charge in [0, 0.05) is 24.4 Å². The fraction of sp³-hybridized carbons (Fsp3) is 0.286. The maximum atomic E-state index is 9.84. The molecule has 0 aliphatic carbocycles. The molecule has 7 heteroatoms. The zero-order valence-corrected chi connectivity index (χ0v) is 9.86. The smallest absolute Gasteiger partial charge is 0.550 e. The number of esters is 1. The molecule has 0 aliphatic rings. The van der Waals surface area contributed by atoms with Gasteiger partial charge in [-0.1, -0.05) is 6.58 Å². The summed E-state index contributed by atoms with van der Waals surface area (Å²) >= 11 is 0. The Morgan fingerprint density at radius 3 is 1.64 bits per heavy atom. The normalized spacial score (nSPS) is 6.93. The summed E-state index contributed by atoms with van der Waals surface area (Å²) in [4.78, 5) is 28.4. The second-order valence-corrected chi connectivity index (χ2v) is 1.65. The fourth-order valence-electron chi connectivity index (χ4n) is 0.201. The molecule has 0 aromatic heterocycles. The van der Waals surface area contributed by atoms with Crippen LogP contribution in [0.3, 0.4) is 0 Å². The Bertz CT molecular complexity index is 200. The molecule has 0 fully saturated rings. The standard InChI is InChI=1S/C4H6O2.C3H4O4.Ca/c1-3-4(5)6-2;4-2(5)1-3(6)7;/h3H,1H2,2H3;1H2,(H,4,5)(H,6,7);/q;;+2/p-2. The van der Waals surface area contributed by atoms with Crippen molar-refractivity contribution in [2.45, 2.75) is 6.42 Å². The molecule has 0 N–H and O–H groups in total. The van der Waals surface area contributed by atoms with Gasteiger partial charge in [-0.05, 0) is 0 Å². The van der Waals surface area contributed by atoms with Crippen LogP contribution in [0.5, 0.6) is 0 Å². The van der Waals surface area contributed by atoms with Crippen molar-refractivity contribution in [3.05, 3.63) is 12.7 Å². The molecule has 0 heterocycles. The van der Waals surface area contributed by atoms with Gasteiger partial charge in [0.2, 0.25) is 0 Å². The van der Waals surface area contributed by atoms with Gasteiger partial charge in [0.1, 0.15) is 0 Å². The van der Waals surface area contributed by atoms with Crippen molar-refractivity contribution >= 4 is 55.6 Å². The molecular weight excluding hydrogens is 220 g/mol. The second kappa shape index (κ2) is 12.4. The first-order valence-corrected chi connectivity index (χ1v) is 3.04. The Hall–Kier alpha value is -0.590. The summed E-state index contributed by atoms with van der Waals surface area (Å²) in [6.07, 6.45) is 0.0833. The van der Waals surface area contributed by atoms with Crippen molar-refractivity contribution in [1.29, 1.82) is 0 Å². The minimum Gasteiger partial charge on any atom is -0.550 e. The topological polar surface area (TPSA) is 107 Å². The molecule has 0 unspecified atom stereocenters. The van der Waals surface area contributed by atoms with Crippen LogP contribution in [-0.2, 0) is 19.1 Å². The minimum atomic E-state index is -1.63. The molecule has 74 valence electrons. The number of methoxy groups -OCH3 is 1. The van der Waals surface area contributed by atoms with Crippen molar-refractivity contribution in [3.63, 3.8) is 0 Å². The number of carboxylic acids is 2. The van der Waals surface area contributed by atoms with E-state index in [1.165, 1.54) is 7.11 Å². The summed E-state index contributed by atoms with van der Waals surface area (Å²) in [5, 5.41) is 18.6. The van der Waals surface area contributed by atoms with Crippen LogP contribution in [0, 0.1) is 0 Å². The molecule has 0 bridgehead atoms. The van der Waals surface area contributed by atoms with Gasteiger partial charge < -0.3 is 24.5 Å². The van der Waals surface area contributed by atoms with E-state index in [-0.39, 0.29) is 37.7 Å². The van der Waals surface area contributed by atoms with Crippen molar-refractivity contribution in [3.8, 4) is 0 Å². The number of rotatable bonds is 3. The summed E-state index contributed by atoms with van der Waals surface area (Å²) in [7, 11) is 1.31. The van der Waals surface area contributed by atoms with Crippen LogP contribution in [0.1, 0.15) is 6.42 Å². The van der Waals surface area contributed by atoms with E-state index in [0.717, 1.165) is 6.08 Å². The second-order valence-electron chi connectivity index (χ2n) is 1.65. The predicted molar refractivity (Wildman–Crippen MR) is 42.6 cm³/mol. The minimum absolute atomic E-state index is 0. The van der Waals surface area contributed by atoms with Crippen LogP contribution in [0.2, 0.25) is 0 Å². The molecule has 0 spiro atoms. The Morgan fingerprint density at radius 1 is 1.29 bits per heavy atom. The molecule has 0 radical (unpaired) electrons. The van der Waals surface area contributed by atoms with Gasteiger partial charge in [0.05, 0.1) is 7.11 Å². The maximum absolute atomic E-state index is 9.84. The average molecular weight is 228 g/mol. The molecule has 0 amide bonds. The van der Waals surface area contributed by atoms with Crippen LogP contribution in [-0.4, -0.2) is 62.8 Å². The average Bonchev–Trinajstić information content (AvgIpc) is 2.01. The first-order chi connectivity index (χ1) is 5.93. The number of carbonyl (C=O) groups is 3. The van der Waals surface area contributed by atoms with Crippen molar-refractivity contribution in [2.75, 3.05) is 7.11 Å². The Kier molecular flexibility index (Phi) is 16.9. The molecule has 0 aliphatic heterocycles. The zero-order valence-electron chi connectivity index (χ0n) is 7.65. The molecule has 0 atom stereocenters. The molecule has 0 aromatic rings. The van der Waals surface area contributed by atoms with Gasteiger partial charge in [-0.15, -0.1) is 0 Å². The van der Waals surface area contributed by atoms with Crippen LogP contribution in [0.15, 0.2) is 12.7 Å². The largest absolute Gasteiger partial charge is 2.00 e. The number of aliphatic carboxylic acids is 2. The Balaban J connectivity index is -0.000000163. The summed E-state index contributed by atoms with van der Waals surface area (Å²) in [6, 6.07) is 0. The summed E-state index contributed by atoms with van der Waals surface area (Å²) in [5.41, 5.74) is 0. The van der Waals surface area contributed by atoms with E-state index in [4.69, 9.17) is 0 Å². The quantitative estimate of drug-likeness (QED) is 0.218. The molecule has 0 saturated heterocycles. The van der Waals surface area contributed by atoms with E-state index in [1.807, 2.05) is 0 Å². The van der Waals surface area contributed by atoms with Crippen LogP contribution >= 0.6 is 0 Å². The summed E-state index contributed by atoms with van der Waals surface area (Å²) in [5.74, 6) is -3.64.